The summed E-state index contributed by atoms with van der Waals surface area (Å²) in [7, 11) is 0. The number of piperidine rings is 1. The summed E-state index contributed by atoms with van der Waals surface area (Å²) in [5, 5.41) is 8.56. The first kappa shape index (κ1) is 28.9. The number of nitrogens with one attached hydrogen (secondary N) is 1. The van der Waals surface area contributed by atoms with Gasteiger partial charge in [-0.15, -0.1) is 0 Å². The number of aromatic nitrogens is 4. The minimum atomic E-state index is -1.05. The zero-order valence-corrected chi connectivity index (χ0v) is 24.5. The highest BCUT2D eigenvalue weighted by Crippen LogP contribution is 2.49. The number of rotatable bonds is 10. The summed E-state index contributed by atoms with van der Waals surface area (Å²) in [5.74, 6) is -1.02. The summed E-state index contributed by atoms with van der Waals surface area (Å²) >= 11 is 0. The van der Waals surface area contributed by atoms with Crippen molar-refractivity contribution in [1.29, 1.82) is 0 Å². The van der Waals surface area contributed by atoms with Gasteiger partial charge < -0.3 is 10.1 Å². The highest BCUT2D eigenvalue weighted by atomic mass is 19.1. The van der Waals surface area contributed by atoms with E-state index < -0.39 is 11.2 Å². The number of ketones is 2. The lowest BCUT2D eigenvalue weighted by Gasteiger charge is -2.22. The Labute approximate surface area is 258 Å². The van der Waals surface area contributed by atoms with Crippen LogP contribution in [0.5, 0.6) is 11.5 Å². The molecule has 8 nitrogen and oxygen atoms in total. The van der Waals surface area contributed by atoms with Gasteiger partial charge in [-0.1, -0.05) is 18.2 Å². The van der Waals surface area contributed by atoms with E-state index in [2.05, 4.69) is 20.4 Å². The summed E-state index contributed by atoms with van der Waals surface area (Å²) in [5.41, 5.74) is 2.35. The normalized spacial score (nSPS) is 16.0. The fourth-order valence-corrected chi connectivity index (χ4v) is 6.01. The number of carbonyl (C=O) groups is 2. The summed E-state index contributed by atoms with van der Waals surface area (Å²) in [6.45, 7) is 1.95. The molecule has 0 radical (unpaired) electrons. The van der Waals surface area contributed by atoms with E-state index in [1.165, 1.54) is 24.3 Å². The fourth-order valence-electron chi connectivity index (χ4n) is 6.01. The first-order valence-corrected chi connectivity index (χ1v) is 15.2. The summed E-state index contributed by atoms with van der Waals surface area (Å²) in [6, 6.07) is 14.0. The number of hydrogen-bond acceptors (Lipinski definition) is 7. The molecule has 2 aliphatic rings. The smallest absolute Gasteiger partial charge is 0.166 e. The monoisotopic (exact) mass is 607 g/mol. The highest BCUT2D eigenvalue weighted by Gasteiger charge is 2.54. The predicted molar refractivity (Wildman–Crippen MR) is 164 cm³/mol. The van der Waals surface area contributed by atoms with Gasteiger partial charge in [0.25, 0.3) is 0 Å². The molecular weight excluding hydrogens is 576 g/mol. The molecule has 1 saturated carbocycles. The van der Waals surface area contributed by atoms with Gasteiger partial charge in [0, 0.05) is 37.0 Å². The standard InChI is InChI=1S/C35H31F2N5O3/c36-25-4-1-22(2-5-25)16-33(43)35(10-11-35)34(44)17-23-3-6-32(28(37)15-23)45-31-9-14-39-30-18-29(40-20-27(30)31)24-19-41-42(21-24)26-7-12-38-13-8-26/h1-6,9,14-15,18-21,26,38H,7-8,10-13,16-17H2. The highest BCUT2D eigenvalue weighted by molar-refractivity contribution is 6.11. The van der Waals surface area contributed by atoms with Gasteiger partial charge in [-0.05, 0) is 86.3 Å². The molecule has 5 aromatic rings. The molecular formula is C35H31F2N5O3. The van der Waals surface area contributed by atoms with E-state index in [0.717, 1.165) is 37.2 Å². The lowest BCUT2D eigenvalue weighted by Crippen LogP contribution is -2.29. The number of carbonyl (C=O) groups excluding carboxylic acids is 2. The zero-order chi connectivity index (χ0) is 31.0. The second-order valence-electron chi connectivity index (χ2n) is 11.9. The summed E-state index contributed by atoms with van der Waals surface area (Å²) in [6.07, 6.45) is 10.1. The summed E-state index contributed by atoms with van der Waals surface area (Å²) in [4.78, 5) is 35.3. The maximum Gasteiger partial charge on any atom is 0.166 e. The van der Waals surface area contributed by atoms with Crippen molar-refractivity contribution < 1.29 is 23.1 Å². The van der Waals surface area contributed by atoms with Crippen LogP contribution in [0.3, 0.4) is 0 Å². The molecule has 2 aromatic carbocycles. The molecule has 1 aliphatic carbocycles. The first-order valence-electron chi connectivity index (χ1n) is 15.2. The van der Waals surface area contributed by atoms with Gasteiger partial charge in [-0.3, -0.25) is 24.2 Å². The Morgan fingerprint density at radius 2 is 1.62 bits per heavy atom. The molecule has 10 heteroatoms. The van der Waals surface area contributed by atoms with Crippen molar-refractivity contribution in [3.8, 4) is 22.8 Å². The molecule has 228 valence electrons. The van der Waals surface area contributed by atoms with Crippen LogP contribution in [0.2, 0.25) is 0 Å². The zero-order valence-electron chi connectivity index (χ0n) is 24.5. The molecule has 4 heterocycles. The van der Waals surface area contributed by atoms with Crippen LogP contribution in [0.25, 0.3) is 22.2 Å². The third-order valence-electron chi connectivity index (χ3n) is 8.84. The molecule has 45 heavy (non-hydrogen) atoms. The maximum absolute atomic E-state index is 15.2. The van der Waals surface area contributed by atoms with E-state index in [9.17, 15) is 14.0 Å². The SMILES string of the molecule is O=C(Cc1ccc(F)cc1)C1(C(=O)Cc2ccc(Oc3ccnc4cc(-c5cnn(C6CCNCC6)c5)ncc34)c(F)c2)CC1. The molecule has 7 rings (SSSR count). The summed E-state index contributed by atoms with van der Waals surface area (Å²) < 4.78 is 36.4. The Balaban J connectivity index is 1.03. The molecule has 0 unspecified atom stereocenters. The van der Waals surface area contributed by atoms with Crippen LogP contribution in [-0.2, 0) is 22.4 Å². The lowest BCUT2D eigenvalue weighted by molar-refractivity contribution is -0.133. The van der Waals surface area contributed by atoms with Gasteiger partial charge in [0.2, 0.25) is 0 Å². The largest absolute Gasteiger partial charge is 0.453 e. The average Bonchev–Trinajstić information content (AvgIpc) is 3.73. The molecule has 2 fully saturated rings. The van der Waals surface area contributed by atoms with Crippen molar-refractivity contribution in [2.24, 2.45) is 5.41 Å². The van der Waals surface area contributed by atoms with Crippen molar-refractivity contribution in [2.45, 2.75) is 44.6 Å². The Morgan fingerprint density at radius 3 is 2.36 bits per heavy atom. The Morgan fingerprint density at radius 1 is 0.889 bits per heavy atom. The molecule has 1 saturated heterocycles. The van der Waals surface area contributed by atoms with Crippen LogP contribution < -0.4 is 10.1 Å². The van der Waals surface area contributed by atoms with Crippen LogP contribution in [0, 0.1) is 17.0 Å². The van der Waals surface area contributed by atoms with Gasteiger partial charge in [0.15, 0.2) is 23.1 Å². The quantitative estimate of drug-likeness (QED) is 0.189. The molecule has 3 aromatic heterocycles. The van der Waals surface area contributed by atoms with Crippen LogP contribution in [0.4, 0.5) is 8.78 Å². The van der Waals surface area contributed by atoms with Crippen molar-refractivity contribution >= 4 is 22.5 Å². The Kier molecular flexibility index (Phi) is 7.66. The Hall–Kier alpha value is -4.83. The van der Waals surface area contributed by atoms with E-state index in [-0.39, 0.29) is 36.0 Å². The minimum Gasteiger partial charge on any atom is -0.453 e. The van der Waals surface area contributed by atoms with E-state index in [4.69, 9.17) is 4.74 Å². The van der Waals surface area contributed by atoms with Crippen molar-refractivity contribution in [2.75, 3.05) is 13.1 Å². The molecule has 0 spiro atoms. The van der Waals surface area contributed by atoms with Crippen LogP contribution in [-0.4, -0.2) is 44.4 Å². The number of fused-ring (bicyclic) bond motifs is 1. The second kappa shape index (κ2) is 11.9. The number of Topliss-reactive ketones (excluding diaryl/α,β-unsaturated/α-hetero) is 2. The van der Waals surface area contributed by atoms with Crippen LogP contribution >= 0.6 is 0 Å². The van der Waals surface area contributed by atoms with E-state index in [1.54, 1.807) is 36.7 Å². The number of ether oxygens (including phenoxy) is 1. The Bertz CT molecular complexity index is 1900. The van der Waals surface area contributed by atoms with Crippen molar-refractivity contribution in [1.82, 2.24) is 25.1 Å². The van der Waals surface area contributed by atoms with Gasteiger partial charge in [-0.2, -0.15) is 5.10 Å². The number of halogens is 2. The van der Waals surface area contributed by atoms with Crippen LogP contribution in [0.15, 0.2) is 79.4 Å². The lowest BCUT2D eigenvalue weighted by atomic mass is 9.88. The van der Waals surface area contributed by atoms with E-state index in [1.807, 2.05) is 23.1 Å². The second-order valence-corrected chi connectivity index (χ2v) is 11.9. The molecule has 1 N–H and O–H groups in total. The fraction of sp³-hybridized carbons (Fsp3) is 0.286. The van der Waals surface area contributed by atoms with E-state index in [0.29, 0.717) is 46.7 Å². The molecule has 0 amide bonds. The third-order valence-corrected chi connectivity index (χ3v) is 8.84. The van der Waals surface area contributed by atoms with Crippen molar-refractivity contribution in [3.05, 3.63) is 102 Å². The average molecular weight is 608 g/mol. The topological polar surface area (TPSA) is 99.0 Å². The number of hydrogen-bond donors (Lipinski definition) is 1. The van der Waals surface area contributed by atoms with Crippen LogP contribution in [0.1, 0.15) is 42.9 Å². The molecule has 0 atom stereocenters. The first-order chi connectivity index (χ1) is 21.9. The molecule has 1 aliphatic heterocycles. The number of pyridine rings is 2. The number of nitrogens with zero attached hydrogens (tertiary/aromatic N) is 4. The van der Waals surface area contributed by atoms with E-state index >= 15 is 4.39 Å². The van der Waals surface area contributed by atoms with Gasteiger partial charge in [0.1, 0.15) is 11.6 Å². The van der Waals surface area contributed by atoms with Gasteiger partial charge in [-0.25, -0.2) is 8.78 Å². The predicted octanol–water partition coefficient (Wildman–Crippen LogP) is 6.19. The third kappa shape index (κ3) is 5.98. The minimum absolute atomic E-state index is 0.000421. The number of benzene rings is 2. The molecule has 0 bridgehead atoms. The van der Waals surface area contributed by atoms with Gasteiger partial charge >= 0.3 is 0 Å². The van der Waals surface area contributed by atoms with Gasteiger partial charge in [0.05, 0.1) is 34.3 Å². The van der Waals surface area contributed by atoms with Crippen molar-refractivity contribution in [3.63, 3.8) is 0 Å². The maximum atomic E-state index is 15.2.